The highest BCUT2D eigenvalue weighted by molar-refractivity contribution is 5.78. The number of benzene rings is 1. The molecule has 0 radical (unpaired) electrons. The Labute approximate surface area is 113 Å². The molecule has 3 N–H and O–H groups in total. The van der Waals surface area contributed by atoms with Crippen LogP contribution in [0.3, 0.4) is 0 Å². The first-order valence-electron chi connectivity index (χ1n) is 6.57. The minimum Gasteiger partial charge on any atom is -0.454 e. The molecule has 1 unspecified atom stereocenters. The Kier molecular flexibility index (Phi) is 4.63. The van der Waals surface area contributed by atoms with E-state index in [0.29, 0.717) is 13.1 Å². The van der Waals surface area contributed by atoms with E-state index in [0.717, 1.165) is 29.9 Å². The third kappa shape index (κ3) is 3.38. The van der Waals surface area contributed by atoms with Gasteiger partial charge < -0.3 is 20.5 Å². The fraction of sp³-hybridized carbons (Fsp3) is 0.500. The quantitative estimate of drug-likeness (QED) is 0.814. The maximum absolute atomic E-state index is 11.9. The van der Waals surface area contributed by atoms with Gasteiger partial charge in [0.2, 0.25) is 12.7 Å². The van der Waals surface area contributed by atoms with Crippen LogP contribution < -0.4 is 20.5 Å². The third-order valence-corrected chi connectivity index (χ3v) is 3.22. The summed E-state index contributed by atoms with van der Waals surface area (Å²) in [5, 5.41) is 2.92. The highest BCUT2D eigenvalue weighted by Crippen LogP contribution is 2.35. The smallest absolute Gasteiger partial charge is 0.231 e. The van der Waals surface area contributed by atoms with Gasteiger partial charge in [0.1, 0.15) is 0 Å². The second-order valence-electron chi connectivity index (χ2n) is 4.70. The van der Waals surface area contributed by atoms with Gasteiger partial charge in [0.15, 0.2) is 11.5 Å². The zero-order valence-electron chi connectivity index (χ0n) is 11.1. The lowest BCUT2D eigenvalue weighted by molar-refractivity contribution is -0.124. The molecule has 1 heterocycles. The van der Waals surface area contributed by atoms with Crippen LogP contribution in [0.2, 0.25) is 0 Å². The molecule has 0 aliphatic carbocycles. The van der Waals surface area contributed by atoms with Crippen LogP contribution in [0, 0.1) is 5.92 Å². The molecule has 0 spiro atoms. The van der Waals surface area contributed by atoms with Crippen LogP contribution in [0.15, 0.2) is 18.2 Å². The monoisotopic (exact) mass is 264 g/mol. The number of amides is 1. The summed E-state index contributed by atoms with van der Waals surface area (Å²) in [6, 6.07) is 5.68. The molecule has 0 bridgehead atoms. The molecule has 5 nitrogen and oxygen atoms in total. The molecule has 0 aromatic heterocycles. The fourth-order valence-electron chi connectivity index (χ4n) is 2.04. The van der Waals surface area contributed by atoms with E-state index in [1.165, 1.54) is 0 Å². The first-order valence-corrected chi connectivity index (χ1v) is 6.57. The van der Waals surface area contributed by atoms with Crippen molar-refractivity contribution in [2.75, 3.05) is 13.3 Å². The lowest BCUT2D eigenvalue weighted by atomic mass is 10.0. The van der Waals surface area contributed by atoms with Crippen molar-refractivity contribution in [2.45, 2.75) is 26.3 Å². The summed E-state index contributed by atoms with van der Waals surface area (Å²) >= 11 is 0. The van der Waals surface area contributed by atoms with Gasteiger partial charge in [-0.2, -0.15) is 0 Å². The molecule has 1 aliphatic rings. The van der Waals surface area contributed by atoms with E-state index in [1.807, 2.05) is 25.1 Å². The highest BCUT2D eigenvalue weighted by atomic mass is 16.7. The number of hydrogen-bond acceptors (Lipinski definition) is 4. The maximum atomic E-state index is 11.9. The van der Waals surface area contributed by atoms with Crippen LogP contribution in [-0.4, -0.2) is 19.2 Å². The van der Waals surface area contributed by atoms with Crippen molar-refractivity contribution >= 4 is 5.91 Å². The molecule has 5 heteroatoms. The van der Waals surface area contributed by atoms with Crippen molar-refractivity contribution in [1.29, 1.82) is 0 Å². The van der Waals surface area contributed by atoms with E-state index in [1.54, 1.807) is 0 Å². The highest BCUT2D eigenvalue weighted by Gasteiger charge is 2.18. The van der Waals surface area contributed by atoms with Crippen molar-refractivity contribution in [3.8, 4) is 11.5 Å². The molecule has 1 amide bonds. The van der Waals surface area contributed by atoms with Crippen molar-refractivity contribution < 1.29 is 14.3 Å². The number of carbonyl (C=O) groups is 1. The summed E-state index contributed by atoms with van der Waals surface area (Å²) in [4.78, 5) is 11.9. The summed E-state index contributed by atoms with van der Waals surface area (Å²) in [6.45, 7) is 3.24. The largest absolute Gasteiger partial charge is 0.454 e. The molecule has 19 heavy (non-hydrogen) atoms. The number of ether oxygens (including phenoxy) is 2. The van der Waals surface area contributed by atoms with Gasteiger partial charge in [-0.15, -0.1) is 0 Å². The van der Waals surface area contributed by atoms with Crippen LogP contribution in [0.4, 0.5) is 0 Å². The predicted molar refractivity (Wildman–Crippen MR) is 71.9 cm³/mol. The first-order chi connectivity index (χ1) is 9.22. The molecule has 0 fully saturated rings. The average Bonchev–Trinajstić information content (AvgIpc) is 2.90. The van der Waals surface area contributed by atoms with Gasteiger partial charge in [0.05, 0.1) is 0 Å². The minimum absolute atomic E-state index is 0.0162. The van der Waals surface area contributed by atoms with Crippen LogP contribution in [0.5, 0.6) is 11.5 Å². The van der Waals surface area contributed by atoms with Crippen molar-refractivity contribution in [1.82, 2.24) is 5.32 Å². The molecular formula is C14H20N2O3. The zero-order valence-corrected chi connectivity index (χ0v) is 11.1. The number of nitrogens with two attached hydrogens (primary N) is 1. The third-order valence-electron chi connectivity index (χ3n) is 3.22. The Morgan fingerprint density at radius 2 is 2.32 bits per heavy atom. The number of fused-ring (bicyclic) bond motifs is 1. The van der Waals surface area contributed by atoms with Gasteiger partial charge in [-0.05, 0) is 25.5 Å². The molecule has 0 saturated heterocycles. The SMILES string of the molecule is CC(CCCN)C(=O)NCc1cccc2c1OCO2. The van der Waals surface area contributed by atoms with Gasteiger partial charge in [0.25, 0.3) is 0 Å². The van der Waals surface area contributed by atoms with Crippen LogP contribution in [0.25, 0.3) is 0 Å². The Bertz CT molecular complexity index is 448. The number of nitrogens with one attached hydrogen (secondary N) is 1. The van der Waals surface area contributed by atoms with E-state index in [2.05, 4.69) is 5.32 Å². The minimum atomic E-state index is -0.0162. The normalized spacial score (nSPS) is 14.2. The van der Waals surface area contributed by atoms with Gasteiger partial charge >= 0.3 is 0 Å². The van der Waals surface area contributed by atoms with Gasteiger partial charge in [0, 0.05) is 18.0 Å². The molecule has 0 saturated carbocycles. The Morgan fingerprint density at radius 3 is 3.11 bits per heavy atom. The summed E-state index contributed by atoms with van der Waals surface area (Å²) in [6.07, 6.45) is 1.68. The molecule has 1 atom stereocenters. The number of para-hydroxylation sites is 1. The second kappa shape index (κ2) is 6.43. The van der Waals surface area contributed by atoms with Crippen LogP contribution in [0.1, 0.15) is 25.3 Å². The number of rotatable bonds is 6. The molecular weight excluding hydrogens is 244 g/mol. The van der Waals surface area contributed by atoms with Gasteiger partial charge in [-0.3, -0.25) is 4.79 Å². The Hall–Kier alpha value is -1.75. The molecule has 2 rings (SSSR count). The van der Waals surface area contributed by atoms with Crippen molar-refractivity contribution in [3.63, 3.8) is 0 Å². The van der Waals surface area contributed by atoms with Gasteiger partial charge in [-0.1, -0.05) is 19.1 Å². The Balaban J connectivity index is 1.89. The van der Waals surface area contributed by atoms with E-state index < -0.39 is 0 Å². The topological polar surface area (TPSA) is 73.6 Å². The lowest BCUT2D eigenvalue weighted by Gasteiger charge is -2.12. The molecule has 1 aliphatic heterocycles. The Morgan fingerprint density at radius 1 is 1.47 bits per heavy atom. The summed E-state index contributed by atoms with van der Waals surface area (Å²) < 4.78 is 10.7. The molecule has 1 aromatic carbocycles. The number of carbonyl (C=O) groups excluding carboxylic acids is 1. The van der Waals surface area contributed by atoms with Crippen LogP contribution >= 0.6 is 0 Å². The summed E-state index contributed by atoms with van der Waals surface area (Å²) in [7, 11) is 0. The molecule has 104 valence electrons. The van der Waals surface area contributed by atoms with E-state index in [-0.39, 0.29) is 18.6 Å². The second-order valence-corrected chi connectivity index (χ2v) is 4.70. The van der Waals surface area contributed by atoms with Crippen molar-refractivity contribution in [3.05, 3.63) is 23.8 Å². The van der Waals surface area contributed by atoms with E-state index in [4.69, 9.17) is 15.2 Å². The average molecular weight is 264 g/mol. The predicted octanol–water partition coefficient (Wildman–Crippen LogP) is 1.41. The molecule has 1 aromatic rings. The maximum Gasteiger partial charge on any atom is 0.231 e. The fourth-order valence-corrected chi connectivity index (χ4v) is 2.04. The lowest BCUT2D eigenvalue weighted by Crippen LogP contribution is -2.29. The number of hydrogen-bond donors (Lipinski definition) is 2. The van der Waals surface area contributed by atoms with E-state index >= 15 is 0 Å². The zero-order chi connectivity index (χ0) is 13.7. The first kappa shape index (κ1) is 13.7. The standard InChI is InChI=1S/C14H20N2O3/c1-10(4-3-7-15)14(17)16-8-11-5-2-6-12-13(11)19-9-18-12/h2,5-6,10H,3-4,7-9,15H2,1H3,(H,16,17). The van der Waals surface area contributed by atoms with E-state index in [9.17, 15) is 4.79 Å². The van der Waals surface area contributed by atoms with Crippen molar-refractivity contribution in [2.24, 2.45) is 11.7 Å². The van der Waals surface area contributed by atoms with Crippen LogP contribution in [-0.2, 0) is 11.3 Å². The summed E-state index contributed by atoms with van der Waals surface area (Å²) in [5.74, 6) is 1.50. The summed E-state index contributed by atoms with van der Waals surface area (Å²) in [5.41, 5.74) is 6.38. The van der Waals surface area contributed by atoms with Gasteiger partial charge in [-0.25, -0.2) is 0 Å².